The number of fused-ring (bicyclic) bond motifs is 3. The Morgan fingerprint density at radius 2 is 1.93 bits per heavy atom. The maximum Gasteiger partial charge on any atom is 0.247 e. The molecule has 9 nitrogen and oxygen atoms in total. The molecule has 5 rings (SSSR count). The van der Waals surface area contributed by atoms with Crippen molar-refractivity contribution in [3.63, 3.8) is 0 Å². The molecule has 1 atom stereocenters. The minimum absolute atomic E-state index is 0.321. The summed E-state index contributed by atoms with van der Waals surface area (Å²) in [6.45, 7) is 9.15. The second-order valence-corrected chi connectivity index (χ2v) is 10.4. The van der Waals surface area contributed by atoms with Gasteiger partial charge in [-0.3, -0.25) is 4.79 Å². The molecule has 1 amide bonds. The molecule has 0 saturated carbocycles. The maximum atomic E-state index is 15.1. The van der Waals surface area contributed by atoms with Gasteiger partial charge >= 0.3 is 0 Å². The molecule has 1 unspecified atom stereocenters. The van der Waals surface area contributed by atoms with Gasteiger partial charge in [0.15, 0.2) is 6.30 Å². The molecule has 4 aromatic rings. The number of nitrogens with one attached hydrogen (secondary N) is 2. The van der Waals surface area contributed by atoms with Gasteiger partial charge in [-0.1, -0.05) is 38.6 Å². The van der Waals surface area contributed by atoms with Crippen LogP contribution in [0.4, 0.5) is 27.4 Å². The van der Waals surface area contributed by atoms with Crippen molar-refractivity contribution in [2.24, 2.45) is 0 Å². The van der Waals surface area contributed by atoms with E-state index in [-0.39, 0.29) is 5.91 Å². The molecular weight excluding hydrogens is 545 g/mol. The first-order chi connectivity index (χ1) is 20.8. The molecule has 0 radical (unpaired) electrons. The van der Waals surface area contributed by atoms with E-state index in [1.807, 2.05) is 76.0 Å². The van der Waals surface area contributed by atoms with Crippen molar-refractivity contribution in [2.45, 2.75) is 39.4 Å². The van der Waals surface area contributed by atoms with Crippen molar-refractivity contribution < 1.29 is 13.9 Å². The number of likely N-dealkylation sites (N-methyl/N-ethyl adjacent to an activating group) is 2. The molecule has 228 valence electrons. The molecule has 1 aliphatic heterocycles. The lowest BCUT2D eigenvalue weighted by Crippen LogP contribution is -2.29. The summed E-state index contributed by atoms with van der Waals surface area (Å²) in [6.07, 6.45) is 3.94. The van der Waals surface area contributed by atoms with Gasteiger partial charge in [0.2, 0.25) is 11.9 Å². The van der Waals surface area contributed by atoms with E-state index in [0.717, 1.165) is 53.8 Å². The summed E-state index contributed by atoms with van der Waals surface area (Å²) in [5.41, 5.74) is 5.44. The van der Waals surface area contributed by atoms with Gasteiger partial charge in [0.25, 0.3) is 0 Å². The predicted octanol–water partition coefficient (Wildman–Crippen LogP) is 6.80. The lowest BCUT2D eigenvalue weighted by Gasteiger charge is -2.26. The highest BCUT2D eigenvalue weighted by Crippen LogP contribution is 2.42. The van der Waals surface area contributed by atoms with Gasteiger partial charge in [0.1, 0.15) is 5.75 Å². The van der Waals surface area contributed by atoms with Crippen LogP contribution in [0.2, 0.25) is 0 Å². The molecule has 1 aliphatic rings. The number of carbonyl (C=O) groups is 1. The van der Waals surface area contributed by atoms with Gasteiger partial charge in [-0.25, -0.2) is 14.4 Å². The summed E-state index contributed by atoms with van der Waals surface area (Å²) < 4.78 is 22.6. The van der Waals surface area contributed by atoms with E-state index in [9.17, 15) is 4.79 Å². The first-order valence-corrected chi connectivity index (χ1v) is 14.7. The Kier molecular flexibility index (Phi) is 10.4. The number of aromatic nitrogens is 3. The van der Waals surface area contributed by atoms with Crippen molar-refractivity contribution in [1.82, 2.24) is 19.4 Å². The molecule has 43 heavy (non-hydrogen) atoms. The van der Waals surface area contributed by atoms with Crippen LogP contribution in [-0.2, 0) is 11.2 Å². The number of para-hydroxylation sites is 1. The first-order valence-electron chi connectivity index (χ1n) is 14.7. The van der Waals surface area contributed by atoms with E-state index in [0.29, 0.717) is 35.2 Å². The number of carbonyl (C=O) groups excluding carboxylic acids is 1. The number of anilines is 4. The van der Waals surface area contributed by atoms with Crippen LogP contribution in [0, 0.1) is 0 Å². The Hall–Kier alpha value is -4.44. The van der Waals surface area contributed by atoms with Crippen LogP contribution >= 0.6 is 0 Å². The zero-order valence-electron chi connectivity index (χ0n) is 25.9. The Morgan fingerprint density at radius 1 is 1.16 bits per heavy atom. The normalized spacial score (nSPS) is 14.0. The number of halogens is 1. The monoisotopic (exact) mass is 587 g/mol. The SMILES string of the molecule is C=CC(=O)Nc1cc(Nc2nccc(-c3c4n(c5ccccc35)C(F)CCC4)n2)c(OC)cc1N(C)CCN(C)C.CC. The van der Waals surface area contributed by atoms with Crippen molar-refractivity contribution in [1.29, 1.82) is 0 Å². The molecule has 0 fully saturated rings. The molecule has 3 heterocycles. The standard InChI is InChI=1S/C31H36FN7O2.C2H6/c1-6-29(40)34-22-18-23(27(41-5)19-26(22)38(4)17-16-37(2)3)36-31-33-15-14-21(35-31)30-20-10-7-8-11-24(20)39-25(30)12-9-13-28(39)32;1-2/h6-8,10-11,14-15,18-19,28H,1,9,12-13,16-17H2,2-5H3,(H,34,40)(H,33,35,36);1-2H3. The zero-order chi connectivity index (χ0) is 31.1. The van der Waals surface area contributed by atoms with Crippen molar-refractivity contribution >= 4 is 39.8 Å². The molecule has 10 heteroatoms. The van der Waals surface area contributed by atoms with E-state index >= 15 is 4.39 Å². The minimum atomic E-state index is -1.06. The van der Waals surface area contributed by atoms with Gasteiger partial charge in [0.05, 0.1) is 35.4 Å². The fourth-order valence-corrected chi connectivity index (χ4v) is 5.32. The van der Waals surface area contributed by atoms with Gasteiger partial charge in [-0.15, -0.1) is 0 Å². The number of amides is 1. The lowest BCUT2D eigenvalue weighted by molar-refractivity contribution is -0.111. The number of alkyl halides is 1. The average molecular weight is 588 g/mol. The van der Waals surface area contributed by atoms with Crippen LogP contribution in [0.3, 0.4) is 0 Å². The maximum absolute atomic E-state index is 15.1. The Labute approximate surface area is 253 Å². The molecule has 0 bridgehead atoms. The summed E-state index contributed by atoms with van der Waals surface area (Å²) in [7, 11) is 7.58. The molecule has 2 aromatic heterocycles. The largest absolute Gasteiger partial charge is 0.494 e. The second kappa shape index (κ2) is 14.2. The highest BCUT2D eigenvalue weighted by Gasteiger charge is 2.27. The van der Waals surface area contributed by atoms with Crippen LogP contribution in [-0.4, -0.2) is 66.7 Å². The third-order valence-electron chi connectivity index (χ3n) is 7.36. The van der Waals surface area contributed by atoms with E-state index in [1.54, 1.807) is 19.4 Å². The van der Waals surface area contributed by atoms with Gasteiger partial charge in [-0.05, 0) is 57.6 Å². The molecule has 0 saturated heterocycles. The Morgan fingerprint density at radius 3 is 2.65 bits per heavy atom. The van der Waals surface area contributed by atoms with Crippen molar-refractivity contribution in [2.75, 3.05) is 56.9 Å². The van der Waals surface area contributed by atoms with Gasteiger partial charge < -0.3 is 29.7 Å². The lowest BCUT2D eigenvalue weighted by atomic mass is 10.0. The summed E-state index contributed by atoms with van der Waals surface area (Å²) in [4.78, 5) is 25.8. The van der Waals surface area contributed by atoms with Gasteiger partial charge in [0, 0.05) is 49.0 Å². The topological polar surface area (TPSA) is 87.5 Å². The number of ether oxygens (including phenoxy) is 1. The molecule has 0 spiro atoms. The second-order valence-electron chi connectivity index (χ2n) is 10.4. The first kappa shape index (κ1) is 31.5. The number of nitrogens with zero attached hydrogens (tertiary/aromatic N) is 5. The number of hydrogen-bond acceptors (Lipinski definition) is 7. The third-order valence-corrected chi connectivity index (χ3v) is 7.36. The Balaban J connectivity index is 0.00000207. The quantitative estimate of drug-likeness (QED) is 0.197. The minimum Gasteiger partial charge on any atom is -0.494 e. The summed E-state index contributed by atoms with van der Waals surface area (Å²) in [5.74, 6) is 0.597. The van der Waals surface area contributed by atoms with E-state index in [2.05, 4.69) is 32.0 Å². The number of rotatable bonds is 10. The molecular formula is C33H42FN7O2. The number of benzene rings is 2. The fourth-order valence-electron chi connectivity index (χ4n) is 5.32. The number of hydrogen-bond donors (Lipinski definition) is 2. The molecule has 2 N–H and O–H groups in total. The molecule has 2 aromatic carbocycles. The van der Waals surface area contributed by atoms with Crippen molar-refractivity contribution in [3.05, 3.63) is 67.0 Å². The van der Waals surface area contributed by atoms with Gasteiger partial charge in [-0.2, -0.15) is 0 Å². The highest BCUT2D eigenvalue weighted by atomic mass is 19.1. The summed E-state index contributed by atoms with van der Waals surface area (Å²) >= 11 is 0. The smallest absolute Gasteiger partial charge is 0.247 e. The zero-order valence-corrected chi connectivity index (χ0v) is 25.9. The summed E-state index contributed by atoms with van der Waals surface area (Å²) in [5, 5.41) is 7.16. The van der Waals surface area contributed by atoms with E-state index in [1.165, 1.54) is 6.08 Å². The van der Waals surface area contributed by atoms with Crippen molar-refractivity contribution in [3.8, 4) is 17.0 Å². The molecule has 0 aliphatic carbocycles. The number of methoxy groups -OCH3 is 1. The Bertz CT molecular complexity index is 1580. The van der Waals surface area contributed by atoms with Crippen LogP contribution in [0.15, 0.2) is 61.3 Å². The predicted molar refractivity (Wildman–Crippen MR) is 174 cm³/mol. The third kappa shape index (κ3) is 6.80. The van der Waals surface area contributed by atoms with Crippen LogP contribution in [0.1, 0.15) is 38.7 Å². The summed E-state index contributed by atoms with van der Waals surface area (Å²) in [6, 6.07) is 13.4. The van der Waals surface area contributed by atoms with Crippen LogP contribution in [0.25, 0.3) is 22.2 Å². The van der Waals surface area contributed by atoms with E-state index < -0.39 is 6.30 Å². The fraction of sp³-hybridized carbons (Fsp3) is 0.364. The highest BCUT2D eigenvalue weighted by molar-refractivity contribution is 6.02. The van der Waals surface area contributed by atoms with Crippen LogP contribution in [0.5, 0.6) is 5.75 Å². The van der Waals surface area contributed by atoms with Crippen LogP contribution < -0.4 is 20.3 Å². The average Bonchev–Trinajstić information content (AvgIpc) is 3.36. The van der Waals surface area contributed by atoms with E-state index in [4.69, 9.17) is 9.72 Å².